The average molecular weight is 436 g/mol. The number of nitrogens with zero attached hydrogens (tertiary/aromatic N) is 2. The maximum absolute atomic E-state index is 4.71. The van der Waals surface area contributed by atoms with Gasteiger partial charge in [0, 0.05) is 24.5 Å². The van der Waals surface area contributed by atoms with Gasteiger partial charge in [-0.15, -0.1) is 35.3 Å². The first-order valence-corrected chi connectivity index (χ1v) is 8.88. The highest BCUT2D eigenvalue weighted by atomic mass is 127. The molecule has 1 aliphatic heterocycles. The number of hydrogen-bond donors (Lipinski definition) is 2. The van der Waals surface area contributed by atoms with E-state index < -0.39 is 0 Å². The Morgan fingerprint density at radius 2 is 2.23 bits per heavy atom. The number of nitrogens with one attached hydrogen (secondary N) is 2. The molecule has 2 N–H and O–H groups in total. The van der Waals surface area contributed by atoms with Crippen molar-refractivity contribution in [2.75, 3.05) is 32.7 Å². The van der Waals surface area contributed by atoms with Crippen LogP contribution in [0.1, 0.15) is 30.7 Å². The van der Waals surface area contributed by atoms with Crippen LogP contribution in [0.5, 0.6) is 0 Å². The van der Waals surface area contributed by atoms with Gasteiger partial charge in [-0.2, -0.15) is 0 Å². The summed E-state index contributed by atoms with van der Waals surface area (Å²) in [6.45, 7) is 12.8. The van der Waals surface area contributed by atoms with Crippen LogP contribution in [-0.2, 0) is 6.54 Å². The number of aryl methyl sites for hydroxylation is 1. The second kappa shape index (κ2) is 10.4. The largest absolute Gasteiger partial charge is 0.357 e. The maximum Gasteiger partial charge on any atom is 0.191 e. The van der Waals surface area contributed by atoms with Gasteiger partial charge in [-0.1, -0.05) is 6.92 Å². The third-order valence-corrected chi connectivity index (χ3v) is 5.08. The molecule has 22 heavy (non-hydrogen) atoms. The summed E-state index contributed by atoms with van der Waals surface area (Å²) >= 11 is 1.79. The lowest BCUT2D eigenvalue weighted by Gasteiger charge is -2.16. The summed E-state index contributed by atoms with van der Waals surface area (Å²) in [5, 5.41) is 8.99. The zero-order chi connectivity index (χ0) is 15.1. The van der Waals surface area contributed by atoms with Gasteiger partial charge in [-0.05, 0) is 56.3 Å². The molecule has 4 nitrogen and oxygen atoms in total. The summed E-state index contributed by atoms with van der Waals surface area (Å²) in [5.41, 5.74) is 1.34. The highest BCUT2D eigenvalue weighted by molar-refractivity contribution is 14.0. The summed E-state index contributed by atoms with van der Waals surface area (Å²) in [4.78, 5) is 8.58. The number of halogens is 1. The van der Waals surface area contributed by atoms with Gasteiger partial charge in [-0.25, -0.2) is 4.99 Å². The normalized spacial score (nSPS) is 19.0. The Morgan fingerprint density at radius 3 is 2.82 bits per heavy atom. The number of rotatable bonds is 6. The lowest BCUT2D eigenvalue weighted by molar-refractivity contribution is 0.342. The Morgan fingerprint density at radius 1 is 1.41 bits per heavy atom. The summed E-state index contributed by atoms with van der Waals surface area (Å²) in [6.07, 6.45) is 1.30. The molecule has 0 bridgehead atoms. The van der Waals surface area contributed by atoms with Gasteiger partial charge in [0.1, 0.15) is 0 Å². The number of aliphatic imine (C=N–C) groups is 1. The SMILES string of the molecule is CCNC(=NCc1sccc1C)NCC1CCN(CC)C1.I. The molecule has 2 rings (SSSR count). The first-order valence-electron chi connectivity index (χ1n) is 8.00. The predicted molar refractivity (Wildman–Crippen MR) is 108 cm³/mol. The Kier molecular flexibility index (Phi) is 9.35. The van der Waals surface area contributed by atoms with E-state index in [1.165, 1.54) is 36.5 Å². The zero-order valence-corrected chi connectivity index (χ0v) is 17.0. The molecule has 1 fully saturated rings. The fraction of sp³-hybridized carbons (Fsp3) is 0.688. The molecule has 2 heterocycles. The first kappa shape index (κ1) is 19.7. The van der Waals surface area contributed by atoms with E-state index in [0.29, 0.717) is 0 Å². The molecule has 0 saturated carbocycles. The van der Waals surface area contributed by atoms with Crippen LogP contribution < -0.4 is 10.6 Å². The minimum absolute atomic E-state index is 0. The van der Waals surface area contributed by atoms with Gasteiger partial charge in [0.05, 0.1) is 6.54 Å². The third kappa shape index (κ3) is 6.04. The van der Waals surface area contributed by atoms with E-state index in [0.717, 1.165) is 31.5 Å². The van der Waals surface area contributed by atoms with Crippen molar-refractivity contribution in [1.29, 1.82) is 0 Å². The molecule has 1 aromatic rings. The van der Waals surface area contributed by atoms with E-state index in [1.807, 2.05) is 0 Å². The van der Waals surface area contributed by atoms with Crippen molar-refractivity contribution in [2.24, 2.45) is 10.9 Å². The van der Waals surface area contributed by atoms with Crippen molar-refractivity contribution in [3.63, 3.8) is 0 Å². The maximum atomic E-state index is 4.71. The van der Waals surface area contributed by atoms with Crippen molar-refractivity contribution in [2.45, 2.75) is 33.7 Å². The first-order chi connectivity index (χ1) is 10.2. The second-order valence-electron chi connectivity index (χ2n) is 5.65. The van der Waals surface area contributed by atoms with Gasteiger partial charge in [-0.3, -0.25) is 0 Å². The summed E-state index contributed by atoms with van der Waals surface area (Å²) in [7, 11) is 0. The summed E-state index contributed by atoms with van der Waals surface area (Å²) in [6, 6.07) is 2.16. The molecule has 1 unspecified atom stereocenters. The molecule has 1 aromatic heterocycles. The minimum atomic E-state index is 0. The zero-order valence-electron chi connectivity index (χ0n) is 13.9. The molecule has 0 amide bonds. The highest BCUT2D eigenvalue weighted by Crippen LogP contribution is 2.16. The fourth-order valence-corrected chi connectivity index (χ4v) is 3.50. The van der Waals surface area contributed by atoms with E-state index in [4.69, 9.17) is 4.99 Å². The standard InChI is InChI=1S/C16H28N4S.HI/c1-4-17-16(19-11-15-13(3)7-9-21-15)18-10-14-6-8-20(5-2)12-14;/h7,9,14H,4-6,8,10-12H2,1-3H3,(H2,17,18,19);1H. The molecule has 6 heteroatoms. The highest BCUT2D eigenvalue weighted by Gasteiger charge is 2.20. The summed E-state index contributed by atoms with van der Waals surface area (Å²) in [5.74, 6) is 1.69. The number of hydrogen-bond acceptors (Lipinski definition) is 3. The smallest absolute Gasteiger partial charge is 0.191 e. The Bertz CT molecular complexity index is 461. The van der Waals surface area contributed by atoms with Crippen molar-refractivity contribution in [1.82, 2.24) is 15.5 Å². The molecule has 0 spiro atoms. The van der Waals surface area contributed by atoms with E-state index in [2.05, 4.69) is 47.8 Å². The number of likely N-dealkylation sites (tertiary alicyclic amines) is 1. The minimum Gasteiger partial charge on any atom is -0.357 e. The van der Waals surface area contributed by atoms with Crippen LogP contribution in [0, 0.1) is 12.8 Å². The Hall–Kier alpha value is -0.340. The van der Waals surface area contributed by atoms with Crippen LogP contribution in [0.15, 0.2) is 16.4 Å². The Balaban J connectivity index is 0.00000242. The van der Waals surface area contributed by atoms with Crippen LogP contribution >= 0.6 is 35.3 Å². The van der Waals surface area contributed by atoms with E-state index in [1.54, 1.807) is 11.3 Å². The molecule has 0 radical (unpaired) electrons. The van der Waals surface area contributed by atoms with Gasteiger partial charge in [0.2, 0.25) is 0 Å². The summed E-state index contributed by atoms with van der Waals surface area (Å²) < 4.78 is 0. The van der Waals surface area contributed by atoms with Gasteiger partial charge in [0.25, 0.3) is 0 Å². The molecule has 1 saturated heterocycles. The molecular weight excluding hydrogens is 407 g/mol. The van der Waals surface area contributed by atoms with Crippen LogP contribution in [0.3, 0.4) is 0 Å². The number of thiophene rings is 1. The fourth-order valence-electron chi connectivity index (χ4n) is 2.67. The molecule has 1 aliphatic rings. The van der Waals surface area contributed by atoms with Crippen molar-refractivity contribution < 1.29 is 0 Å². The van der Waals surface area contributed by atoms with Crippen LogP contribution in [0.4, 0.5) is 0 Å². The molecule has 0 aliphatic carbocycles. The number of guanidine groups is 1. The quantitative estimate of drug-likeness (QED) is 0.409. The van der Waals surface area contributed by atoms with E-state index >= 15 is 0 Å². The molecule has 1 atom stereocenters. The van der Waals surface area contributed by atoms with E-state index in [-0.39, 0.29) is 24.0 Å². The topological polar surface area (TPSA) is 39.7 Å². The van der Waals surface area contributed by atoms with Crippen molar-refractivity contribution >= 4 is 41.3 Å². The lowest BCUT2D eigenvalue weighted by Crippen LogP contribution is -2.40. The third-order valence-electron chi connectivity index (χ3n) is 4.07. The lowest BCUT2D eigenvalue weighted by atomic mass is 10.1. The predicted octanol–water partition coefficient (Wildman–Crippen LogP) is 3.07. The monoisotopic (exact) mass is 436 g/mol. The van der Waals surface area contributed by atoms with Gasteiger partial charge >= 0.3 is 0 Å². The molecular formula is C16H29IN4S. The molecule has 0 aromatic carbocycles. The van der Waals surface area contributed by atoms with Crippen LogP contribution in [-0.4, -0.2) is 43.6 Å². The van der Waals surface area contributed by atoms with Crippen LogP contribution in [0.25, 0.3) is 0 Å². The van der Waals surface area contributed by atoms with Crippen molar-refractivity contribution in [3.8, 4) is 0 Å². The average Bonchev–Trinajstić information content (AvgIpc) is 3.11. The second-order valence-corrected chi connectivity index (χ2v) is 6.65. The van der Waals surface area contributed by atoms with E-state index in [9.17, 15) is 0 Å². The van der Waals surface area contributed by atoms with Gasteiger partial charge in [0.15, 0.2) is 5.96 Å². The van der Waals surface area contributed by atoms with Crippen molar-refractivity contribution in [3.05, 3.63) is 21.9 Å². The molecule has 126 valence electrons. The van der Waals surface area contributed by atoms with Crippen LogP contribution in [0.2, 0.25) is 0 Å². The van der Waals surface area contributed by atoms with Gasteiger partial charge < -0.3 is 15.5 Å². The Labute approximate surface area is 155 Å².